The molecule has 0 aliphatic heterocycles. The summed E-state index contributed by atoms with van der Waals surface area (Å²) < 4.78 is 26.2. The zero-order chi connectivity index (χ0) is 17.6. The van der Waals surface area contributed by atoms with Crippen molar-refractivity contribution in [3.63, 3.8) is 0 Å². The minimum absolute atomic E-state index is 0.0820. The number of carbonyl (C=O) groups excluding carboxylic acids is 1. The van der Waals surface area contributed by atoms with E-state index in [1.807, 2.05) is 0 Å². The molecule has 130 valence electrons. The molecule has 2 saturated carbocycles. The number of alkyl halides is 2. The quantitative estimate of drug-likeness (QED) is 0.864. The SMILES string of the molecule is CC(Cc1ccncc1)C(=O)NC1(C(=O)O)CC2(CC(F)(F)C2)C1. The number of amides is 1. The molecule has 0 bridgehead atoms. The van der Waals surface area contributed by atoms with Crippen molar-refractivity contribution in [2.24, 2.45) is 11.3 Å². The molecule has 7 heteroatoms. The molecule has 0 saturated heterocycles. The van der Waals surface area contributed by atoms with Gasteiger partial charge in [0.1, 0.15) is 5.54 Å². The van der Waals surface area contributed by atoms with E-state index < -0.39 is 28.8 Å². The Morgan fingerprint density at radius 3 is 2.33 bits per heavy atom. The monoisotopic (exact) mass is 338 g/mol. The van der Waals surface area contributed by atoms with E-state index in [-0.39, 0.29) is 31.6 Å². The summed E-state index contributed by atoms with van der Waals surface area (Å²) in [5.41, 5.74) is -1.09. The van der Waals surface area contributed by atoms with Gasteiger partial charge in [-0.1, -0.05) is 6.92 Å². The summed E-state index contributed by atoms with van der Waals surface area (Å²) in [6.45, 7) is 1.72. The highest BCUT2D eigenvalue weighted by Gasteiger charge is 2.69. The zero-order valence-corrected chi connectivity index (χ0v) is 13.4. The first-order valence-corrected chi connectivity index (χ1v) is 7.98. The van der Waals surface area contributed by atoms with Gasteiger partial charge in [-0.05, 0) is 42.4 Å². The maximum atomic E-state index is 13.1. The van der Waals surface area contributed by atoms with Gasteiger partial charge in [-0.15, -0.1) is 0 Å². The maximum Gasteiger partial charge on any atom is 0.329 e. The van der Waals surface area contributed by atoms with Crippen molar-refractivity contribution >= 4 is 11.9 Å². The number of carbonyl (C=O) groups is 2. The van der Waals surface area contributed by atoms with Crippen LogP contribution in [0.2, 0.25) is 0 Å². The molecule has 1 aromatic rings. The van der Waals surface area contributed by atoms with Crippen LogP contribution in [0.5, 0.6) is 0 Å². The second-order valence-electron chi connectivity index (χ2n) is 7.40. The van der Waals surface area contributed by atoms with Crippen LogP contribution in [0.1, 0.15) is 38.2 Å². The van der Waals surface area contributed by atoms with Crippen LogP contribution in [-0.2, 0) is 16.0 Å². The predicted octanol–water partition coefficient (Wildman–Crippen LogP) is 2.41. The number of hydrogen-bond donors (Lipinski definition) is 2. The number of carboxylic acids is 1. The first kappa shape index (κ1) is 16.8. The van der Waals surface area contributed by atoms with Crippen LogP contribution in [0.15, 0.2) is 24.5 Å². The van der Waals surface area contributed by atoms with Gasteiger partial charge in [0.05, 0.1) is 0 Å². The highest BCUT2D eigenvalue weighted by atomic mass is 19.3. The second-order valence-corrected chi connectivity index (χ2v) is 7.40. The standard InChI is InChI=1S/C17H20F2N2O3/c1-11(6-12-2-4-20-5-3-12)13(22)21-16(14(23)24)7-15(8-16)9-17(18,19)10-15/h2-5,11H,6-10H2,1H3,(H,21,22)(H,23,24). The average Bonchev–Trinajstić information content (AvgIpc) is 2.43. The molecule has 0 aromatic carbocycles. The number of carboxylic acid groups (broad SMARTS) is 1. The number of pyridine rings is 1. The summed E-state index contributed by atoms with van der Waals surface area (Å²) in [5.74, 6) is -4.62. The van der Waals surface area contributed by atoms with E-state index in [4.69, 9.17) is 0 Å². The zero-order valence-electron chi connectivity index (χ0n) is 13.4. The fourth-order valence-corrected chi connectivity index (χ4v) is 4.14. The van der Waals surface area contributed by atoms with Crippen molar-refractivity contribution in [2.45, 2.75) is 50.5 Å². The Balaban J connectivity index is 1.61. The van der Waals surface area contributed by atoms with Gasteiger partial charge < -0.3 is 10.4 Å². The van der Waals surface area contributed by atoms with Gasteiger partial charge in [0.2, 0.25) is 11.8 Å². The molecule has 1 heterocycles. The summed E-state index contributed by atoms with van der Waals surface area (Å²) in [6, 6.07) is 3.59. The predicted molar refractivity (Wildman–Crippen MR) is 81.5 cm³/mol. The van der Waals surface area contributed by atoms with Crippen molar-refractivity contribution in [1.82, 2.24) is 10.3 Å². The van der Waals surface area contributed by atoms with Crippen molar-refractivity contribution in [3.8, 4) is 0 Å². The molecule has 2 aliphatic rings. The maximum absolute atomic E-state index is 13.1. The van der Waals surface area contributed by atoms with Crippen molar-refractivity contribution in [3.05, 3.63) is 30.1 Å². The second kappa shape index (κ2) is 5.50. The average molecular weight is 338 g/mol. The largest absolute Gasteiger partial charge is 0.480 e. The van der Waals surface area contributed by atoms with E-state index in [1.54, 1.807) is 31.5 Å². The lowest BCUT2D eigenvalue weighted by Gasteiger charge is -2.61. The molecule has 2 N–H and O–H groups in total. The van der Waals surface area contributed by atoms with Crippen molar-refractivity contribution in [1.29, 1.82) is 0 Å². The first-order chi connectivity index (χ1) is 11.2. The molecule has 1 atom stereocenters. The molecule has 1 amide bonds. The van der Waals surface area contributed by atoms with Crippen LogP contribution in [0.25, 0.3) is 0 Å². The summed E-state index contributed by atoms with van der Waals surface area (Å²) >= 11 is 0. The molecule has 5 nitrogen and oxygen atoms in total. The molecule has 1 unspecified atom stereocenters. The lowest BCUT2D eigenvalue weighted by Crippen LogP contribution is -2.71. The van der Waals surface area contributed by atoms with Gasteiger partial charge in [0, 0.05) is 31.2 Å². The molecule has 1 aromatic heterocycles. The fourth-order valence-electron chi connectivity index (χ4n) is 4.14. The molecule has 2 aliphatic carbocycles. The van der Waals surface area contributed by atoms with Crippen LogP contribution in [0.3, 0.4) is 0 Å². The summed E-state index contributed by atoms with van der Waals surface area (Å²) in [5, 5.41) is 12.1. The summed E-state index contributed by atoms with van der Waals surface area (Å²) in [7, 11) is 0. The van der Waals surface area contributed by atoms with Crippen LogP contribution in [-0.4, -0.2) is 33.4 Å². The van der Waals surface area contributed by atoms with Gasteiger partial charge in [0.15, 0.2) is 0 Å². The van der Waals surface area contributed by atoms with E-state index in [2.05, 4.69) is 10.3 Å². The first-order valence-electron chi connectivity index (χ1n) is 7.98. The highest BCUT2D eigenvalue weighted by molar-refractivity contribution is 5.89. The number of rotatable bonds is 5. The summed E-state index contributed by atoms with van der Waals surface area (Å²) in [6.07, 6.45) is 3.33. The van der Waals surface area contributed by atoms with E-state index in [0.717, 1.165) is 5.56 Å². The molecule has 1 spiro atoms. The smallest absolute Gasteiger partial charge is 0.329 e. The van der Waals surface area contributed by atoms with Gasteiger partial charge in [-0.25, -0.2) is 13.6 Å². The molecular formula is C17H20F2N2O3. The summed E-state index contributed by atoms with van der Waals surface area (Å²) in [4.78, 5) is 27.9. The number of halogens is 2. The number of aromatic nitrogens is 1. The molecule has 24 heavy (non-hydrogen) atoms. The van der Waals surface area contributed by atoms with Crippen LogP contribution < -0.4 is 5.32 Å². The Morgan fingerprint density at radius 2 is 1.83 bits per heavy atom. The number of hydrogen-bond acceptors (Lipinski definition) is 3. The van der Waals surface area contributed by atoms with Crippen LogP contribution >= 0.6 is 0 Å². The third-order valence-corrected chi connectivity index (χ3v) is 5.13. The van der Waals surface area contributed by atoms with Gasteiger partial charge in [-0.3, -0.25) is 9.78 Å². The third-order valence-electron chi connectivity index (χ3n) is 5.13. The van der Waals surface area contributed by atoms with E-state index in [0.29, 0.717) is 6.42 Å². The third kappa shape index (κ3) is 2.99. The number of nitrogens with zero attached hydrogens (tertiary/aromatic N) is 1. The molecule has 2 fully saturated rings. The minimum Gasteiger partial charge on any atom is -0.480 e. The molecule has 3 rings (SSSR count). The van der Waals surface area contributed by atoms with Crippen LogP contribution in [0, 0.1) is 11.3 Å². The molecule has 0 radical (unpaired) electrons. The fraction of sp³-hybridized carbons (Fsp3) is 0.588. The molecular weight excluding hydrogens is 318 g/mol. The lowest BCUT2D eigenvalue weighted by molar-refractivity contribution is -0.222. The van der Waals surface area contributed by atoms with Crippen LogP contribution in [0.4, 0.5) is 8.78 Å². The highest BCUT2D eigenvalue weighted by Crippen LogP contribution is 2.65. The Morgan fingerprint density at radius 1 is 1.25 bits per heavy atom. The minimum atomic E-state index is -2.69. The Bertz CT molecular complexity index is 647. The van der Waals surface area contributed by atoms with Gasteiger partial charge in [0.25, 0.3) is 0 Å². The van der Waals surface area contributed by atoms with E-state index in [9.17, 15) is 23.5 Å². The topological polar surface area (TPSA) is 79.3 Å². The van der Waals surface area contributed by atoms with Gasteiger partial charge in [-0.2, -0.15) is 0 Å². The Hall–Kier alpha value is -2.05. The van der Waals surface area contributed by atoms with Gasteiger partial charge >= 0.3 is 5.97 Å². The van der Waals surface area contributed by atoms with E-state index in [1.165, 1.54) is 0 Å². The normalized spacial score (nSPS) is 23.6. The van der Waals surface area contributed by atoms with Crippen molar-refractivity contribution < 1.29 is 23.5 Å². The lowest BCUT2D eigenvalue weighted by atomic mass is 9.47. The number of aliphatic carboxylic acids is 1. The van der Waals surface area contributed by atoms with E-state index >= 15 is 0 Å². The Kier molecular flexibility index (Phi) is 3.85. The Labute approximate surface area is 138 Å². The van der Waals surface area contributed by atoms with Crippen molar-refractivity contribution in [2.75, 3.05) is 0 Å². The number of nitrogens with one attached hydrogen (secondary N) is 1.